The van der Waals surface area contributed by atoms with E-state index in [1.165, 1.54) is 24.1 Å². The van der Waals surface area contributed by atoms with Crippen LogP contribution in [0.1, 0.15) is 12.0 Å². The van der Waals surface area contributed by atoms with Gasteiger partial charge in [0.15, 0.2) is 0 Å². The molecule has 0 heterocycles. The summed E-state index contributed by atoms with van der Waals surface area (Å²) in [5.74, 6) is -2.75. The summed E-state index contributed by atoms with van der Waals surface area (Å²) < 4.78 is 25.9. The average Bonchev–Trinajstić information content (AvgIpc) is 2.58. The van der Waals surface area contributed by atoms with Gasteiger partial charge in [-0.05, 0) is 18.1 Å². The van der Waals surface area contributed by atoms with Gasteiger partial charge in [0.2, 0.25) is 11.8 Å². The second-order valence-electron chi connectivity index (χ2n) is 5.29. The predicted molar refractivity (Wildman–Crippen MR) is 95.6 cm³/mol. The van der Waals surface area contributed by atoms with Crippen LogP contribution in [0.15, 0.2) is 48.4 Å². The average molecular weight is 366 g/mol. The van der Waals surface area contributed by atoms with E-state index in [-0.39, 0.29) is 19.6 Å². The van der Waals surface area contributed by atoms with E-state index in [2.05, 4.69) is 6.58 Å². The van der Waals surface area contributed by atoms with Crippen molar-refractivity contribution in [2.45, 2.75) is 6.42 Å². The van der Waals surface area contributed by atoms with Gasteiger partial charge in [0, 0.05) is 13.6 Å². The maximum atomic E-state index is 12.2. The smallest absolute Gasteiger partial charge is 0.257 e. The van der Waals surface area contributed by atoms with E-state index < -0.39 is 27.8 Å². The molecule has 0 aliphatic rings. The van der Waals surface area contributed by atoms with Crippen molar-refractivity contribution in [1.29, 1.82) is 0 Å². The van der Waals surface area contributed by atoms with Gasteiger partial charge >= 0.3 is 0 Å². The van der Waals surface area contributed by atoms with Crippen LogP contribution in [0.4, 0.5) is 0 Å². The number of hydrogen-bond donors (Lipinski definition) is 2. The Balaban J connectivity index is 2.86. The third kappa shape index (κ3) is 6.90. The highest BCUT2D eigenvalue weighted by molar-refractivity contribution is 7.93. The molecule has 1 unspecified atom stereocenters. The summed E-state index contributed by atoms with van der Waals surface area (Å²) in [6, 6.07) is 8.72. The lowest BCUT2D eigenvalue weighted by atomic mass is 10.0. The first-order valence-corrected chi connectivity index (χ1v) is 9.12. The molecule has 0 radical (unpaired) electrons. The minimum absolute atomic E-state index is 0.0155. The molecule has 2 amide bonds. The van der Waals surface area contributed by atoms with Crippen molar-refractivity contribution in [3.05, 3.63) is 54.0 Å². The van der Waals surface area contributed by atoms with Crippen molar-refractivity contribution in [3.8, 4) is 0 Å². The number of aliphatic hydroxyl groups is 1. The summed E-state index contributed by atoms with van der Waals surface area (Å²) >= 11 is 0. The predicted octanol–water partition coefficient (Wildman–Crippen LogP) is 0.746. The first-order chi connectivity index (χ1) is 11.8. The van der Waals surface area contributed by atoms with Crippen molar-refractivity contribution in [2.75, 3.05) is 20.2 Å². The minimum Gasteiger partial charge on any atom is -0.395 e. The van der Waals surface area contributed by atoms with E-state index in [9.17, 15) is 18.0 Å². The highest BCUT2D eigenvalue weighted by Gasteiger charge is 2.30. The number of carbonyl (C=O) groups excluding carboxylic acids is 2. The number of aliphatic hydroxyl groups excluding tert-OH is 1. The number of amides is 2. The Labute approximate surface area is 147 Å². The van der Waals surface area contributed by atoms with Gasteiger partial charge in [-0.2, -0.15) is 0 Å². The van der Waals surface area contributed by atoms with Crippen molar-refractivity contribution in [1.82, 2.24) is 9.62 Å². The number of nitrogens with zero attached hydrogens (tertiary/aromatic N) is 1. The van der Waals surface area contributed by atoms with Crippen molar-refractivity contribution < 1.29 is 23.1 Å². The van der Waals surface area contributed by atoms with E-state index in [0.29, 0.717) is 5.56 Å². The maximum Gasteiger partial charge on any atom is 0.257 e. The summed E-state index contributed by atoms with van der Waals surface area (Å²) in [4.78, 5) is 25.6. The zero-order chi connectivity index (χ0) is 18.9. The fraction of sp³-hybridized carbons (Fsp3) is 0.294. The molecule has 8 heteroatoms. The molecule has 1 aromatic rings. The molecule has 0 aliphatic heterocycles. The number of sulfonamides is 1. The number of benzene rings is 1. The number of likely N-dealkylation sites (N-methyl/N-ethyl adjacent to an activating group) is 1. The SMILES string of the molecule is C=CCC(C(=O)NS(=O)(=O)/C=C/c1ccccc1)C(=O)N(C)CCO. The zero-order valence-corrected chi connectivity index (χ0v) is 14.8. The standard InChI is InChI=1S/C17H22N2O5S/c1-3-7-15(17(22)19(2)11-12-20)16(21)18-25(23,24)13-10-14-8-5-4-6-9-14/h3-6,8-10,13,15,20H,1,7,11-12H2,2H3,(H,18,21)/b13-10+. The van der Waals surface area contributed by atoms with Crippen LogP contribution in [0.25, 0.3) is 6.08 Å². The second kappa shape index (κ2) is 9.75. The first kappa shape index (κ1) is 20.6. The molecule has 0 aliphatic carbocycles. The summed E-state index contributed by atoms with van der Waals surface area (Å²) in [6.07, 6.45) is 2.69. The summed E-state index contributed by atoms with van der Waals surface area (Å²) in [6.45, 7) is 3.26. The van der Waals surface area contributed by atoms with Gasteiger partial charge in [-0.25, -0.2) is 13.1 Å². The fourth-order valence-corrected chi connectivity index (χ4v) is 2.82. The topological polar surface area (TPSA) is 104 Å². The normalized spacial score (nSPS) is 12.6. The Hall–Kier alpha value is -2.45. The Morgan fingerprint density at radius 2 is 1.96 bits per heavy atom. The van der Waals surface area contributed by atoms with Gasteiger partial charge in [0.05, 0.1) is 12.0 Å². The molecule has 0 fully saturated rings. The van der Waals surface area contributed by atoms with Gasteiger partial charge in [-0.3, -0.25) is 9.59 Å². The molecule has 2 N–H and O–H groups in total. The highest BCUT2D eigenvalue weighted by atomic mass is 32.2. The van der Waals surface area contributed by atoms with Crippen molar-refractivity contribution in [2.24, 2.45) is 5.92 Å². The van der Waals surface area contributed by atoms with E-state index in [1.54, 1.807) is 30.3 Å². The van der Waals surface area contributed by atoms with Crippen LogP contribution in [0, 0.1) is 5.92 Å². The van der Waals surface area contributed by atoms with Gasteiger partial charge in [-0.1, -0.05) is 36.4 Å². The number of hydrogen-bond acceptors (Lipinski definition) is 5. The molecule has 0 bridgehead atoms. The quantitative estimate of drug-likeness (QED) is 0.496. The molecule has 0 spiro atoms. The number of nitrogens with one attached hydrogen (secondary N) is 1. The summed E-state index contributed by atoms with van der Waals surface area (Å²) in [5.41, 5.74) is 0.654. The molecule has 1 rings (SSSR count). The molecule has 136 valence electrons. The lowest BCUT2D eigenvalue weighted by Crippen LogP contribution is -2.44. The minimum atomic E-state index is -4.05. The largest absolute Gasteiger partial charge is 0.395 e. The van der Waals surface area contributed by atoms with E-state index in [0.717, 1.165) is 5.41 Å². The molecular weight excluding hydrogens is 344 g/mol. The lowest BCUT2D eigenvalue weighted by molar-refractivity contribution is -0.140. The van der Waals surface area contributed by atoms with Crippen LogP contribution in [0.3, 0.4) is 0 Å². The Bertz CT molecular complexity index is 729. The van der Waals surface area contributed by atoms with Crippen LogP contribution >= 0.6 is 0 Å². The van der Waals surface area contributed by atoms with E-state index in [1.807, 2.05) is 4.72 Å². The van der Waals surface area contributed by atoms with Gasteiger partial charge in [-0.15, -0.1) is 6.58 Å². The van der Waals surface area contributed by atoms with Crippen LogP contribution in [0.2, 0.25) is 0 Å². The van der Waals surface area contributed by atoms with Crippen LogP contribution in [-0.4, -0.2) is 50.4 Å². The van der Waals surface area contributed by atoms with Crippen LogP contribution < -0.4 is 4.72 Å². The molecule has 0 saturated carbocycles. The third-order valence-electron chi connectivity index (χ3n) is 3.31. The van der Waals surface area contributed by atoms with Gasteiger partial charge in [0.1, 0.15) is 5.92 Å². The molecular formula is C17H22N2O5S. The molecule has 0 aromatic heterocycles. The van der Waals surface area contributed by atoms with Gasteiger partial charge < -0.3 is 10.0 Å². The number of carbonyl (C=O) groups is 2. The van der Waals surface area contributed by atoms with Crippen LogP contribution in [-0.2, 0) is 19.6 Å². The zero-order valence-electron chi connectivity index (χ0n) is 14.0. The molecule has 25 heavy (non-hydrogen) atoms. The lowest BCUT2D eigenvalue weighted by Gasteiger charge is -2.21. The van der Waals surface area contributed by atoms with E-state index in [4.69, 9.17) is 5.11 Å². The highest BCUT2D eigenvalue weighted by Crippen LogP contribution is 2.10. The summed E-state index contributed by atoms with van der Waals surface area (Å²) in [5, 5.41) is 9.75. The Morgan fingerprint density at radius 3 is 2.52 bits per heavy atom. The number of allylic oxidation sites excluding steroid dienone is 1. The fourth-order valence-electron chi connectivity index (χ4n) is 1.99. The van der Waals surface area contributed by atoms with Crippen LogP contribution in [0.5, 0.6) is 0 Å². The van der Waals surface area contributed by atoms with Crippen molar-refractivity contribution in [3.63, 3.8) is 0 Å². The van der Waals surface area contributed by atoms with E-state index >= 15 is 0 Å². The molecule has 1 aromatic carbocycles. The first-order valence-electron chi connectivity index (χ1n) is 7.57. The molecule has 0 saturated heterocycles. The maximum absolute atomic E-state index is 12.2. The number of rotatable bonds is 9. The molecule has 1 atom stereocenters. The summed E-state index contributed by atoms with van der Waals surface area (Å²) in [7, 11) is -2.63. The van der Waals surface area contributed by atoms with Gasteiger partial charge in [0.25, 0.3) is 10.0 Å². The Kier molecular flexibility index (Phi) is 8.03. The molecule has 7 nitrogen and oxygen atoms in total. The van der Waals surface area contributed by atoms with Crippen molar-refractivity contribution >= 4 is 27.9 Å². The second-order valence-corrected chi connectivity index (χ2v) is 6.85. The monoisotopic (exact) mass is 366 g/mol. The third-order valence-corrected chi connectivity index (χ3v) is 4.29. The Morgan fingerprint density at radius 1 is 1.32 bits per heavy atom.